The quantitative estimate of drug-likeness (QED) is 0.0101. The molecule has 34 nitrogen and oxygen atoms in total. The van der Waals surface area contributed by atoms with E-state index in [4.69, 9.17) is 53.6 Å². The number of amidine groups is 2. The van der Waals surface area contributed by atoms with E-state index in [2.05, 4.69) is 31.9 Å². The number of likely N-dealkylation sites (tertiary alicyclic amines) is 2. The van der Waals surface area contributed by atoms with Crippen molar-refractivity contribution in [1.82, 2.24) is 51.5 Å². The van der Waals surface area contributed by atoms with Crippen molar-refractivity contribution in [2.24, 2.45) is 72.5 Å². The number of carboxylic acids is 2. The van der Waals surface area contributed by atoms with E-state index in [0.717, 1.165) is 49.7 Å². The van der Waals surface area contributed by atoms with Crippen LogP contribution in [-0.4, -0.2) is 212 Å². The Morgan fingerprint density at radius 1 is 0.403 bits per heavy atom. The van der Waals surface area contributed by atoms with Gasteiger partial charge >= 0.3 is 12.4 Å². The van der Waals surface area contributed by atoms with Crippen LogP contribution in [0, 0.1) is 46.3 Å². The Kier molecular flexibility index (Phi) is 44.0. The zero-order chi connectivity index (χ0) is 101. The molecule has 8 rings (SSSR count). The van der Waals surface area contributed by atoms with Crippen molar-refractivity contribution < 1.29 is 113 Å². The molecule has 740 valence electrons. The molecule has 2 aromatic heterocycles. The van der Waals surface area contributed by atoms with E-state index in [1.807, 2.05) is 155 Å². The molecule has 2 saturated carbocycles. The molecule has 2 saturated heterocycles. The van der Waals surface area contributed by atoms with Crippen molar-refractivity contribution in [3.8, 4) is 0 Å². The van der Waals surface area contributed by atoms with Crippen LogP contribution in [0.15, 0.2) is 97.6 Å². The monoisotopic (exact) mass is 1890 g/mol. The fourth-order valence-corrected chi connectivity index (χ4v) is 17.4. The summed E-state index contributed by atoms with van der Waals surface area (Å²) in [5.41, 5.74) is 26.6. The lowest BCUT2D eigenvalue weighted by atomic mass is 9.83. The van der Waals surface area contributed by atoms with Crippen LogP contribution in [0.25, 0.3) is 0 Å². The standard InChI is InChI=1S/2C45H67N9O6.2C2HF3O2/c2*1-27(2)23-36(45(60)53-22-12-16-37(53)40(48)55)50-42(57)35(25-31-13-11-21-52(7)26-31)49-43(58)38(32-14-9-8-10-15-32)51-41(56)34(44(59)54(28(3)4)29(5)6)24-30-17-19-33(20-18-30)39(46)47;2*3-2(4,5)1(6)7/h2*11,13,17-21,26-29,32,34-38H,8-10,12,14-16,22-25H2,1-7H3,(H7-,46,47,48,49,50,51,55,56,57,58);2*(H,6,7)/t2*34?,35-,36-,37-,38-;;/m00../s1. The first-order valence-electron chi connectivity index (χ1n) is 45.6. The highest BCUT2D eigenvalue weighted by Gasteiger charge is 2.45. The lowest BCUT2D eigenvalue weighted by Crippen LogP contribution is -2.60. The van der Waals surface area contributed by atoms with Gasteiger partial charge in [0, 0.05) is 84.5 Å². The second-order valence-corrected chi connectivity index (χ2v) is 36.8. The molecule has 2 aliphatic carbocycles. The maximum atomic E-state index is 14.7. The van der Waals surface area contributed by atoms with Crippen LogP contribution in [0.5, 0.6) is 0 Å². The molecule has 40 heteroatoms. The summed E-state index contributed by atoms with van der Waals surface area (Å²) in [5.74, 6) is -15.3. The molecule has 134 heavy (non-hydrogen) atoms. The summed E-state index contributed by atoms with van der Waals surface area (Å²) in [4.78, 5) is 192. The first-order chi connectivity index (χ1) is 62.6. The number of rotatable bonds is 38. The van der Waals surface area contributed by atoms with Gasteiger partial charge in [0.05, 0.1) is 0 Å². The van der Waals surface area contributed by atoms with Gasteiger partial charge in [-0.1, -0.05) is 115 Å². The Labute approximate surface area is 779 Å². The van der Waals surface area contributed by atoms with Crippen molar-refractivity contribution in [3.63, 3.8) is 0 Å². The number of halogens is 6. The second-order valence-electron chi connectivity index (χ2n) is 36.8. The SMILES string of the molecule is CC(C)C[C@H](NC(=O)[C@H](Cc1ccc[n+](C)c1)NC(=O)[C@@H](NC(=O)C(Cc1ccc(C(=N)N)cc1)C(=O)N(C(C)C)C(C)C)C1CCCCC1)C(=O)N1CCC[C@H]1C(N)=O.CC(C)C[C@H](NC(=O)[C@H](Cc1ccc[n+](C)c1)NC(=O)[C@@H](NC(=O)C(Cc1ccc(C(=N)N)cc1)C(=O)N(C(C)C)C(C)C)C1CCCCC1)C(=O)N1CCC[C@H]1C(N)=O.O=C([O-])C(F)(F)F.O=C([O-])C(F)(F)F. The number of aliphatic carboxylic acids is 2. The highest BCUT2D eigenvalue weighted by molar-refractivity contribution is 6.05. The van der Waals surface area contributed by atoms with E-state index in [1.54, 1.807) is 58.3 Å². The number of carboxylic acid groups (broad SMARTS) is 2. The van der Waals surface area contributed by atoms with Crippen LogP contribution >= 0.6 is 0 Å². The Bertz CT molecular complexity index is 4390. The molecule has 2 aliphatic heterocycles. The van der Waals surface area contributed by atoms with Gasteiger partial charge in [-0.2, -0.15) is 26.3 Å². The van der Waals surface area contributed by atoms with Crippen molar-refractivity contribution in [2.75, 3.05) is 13.1 Å². The van der Waals surface area contributed by atoms with Crippen LogP contribution < -0.4 is 74.2 Å². The summed E-state index contributed by atoms with van der Waals surface area (Å²) >= 11 is 0. The van der Waals surface area contributed by atoms with Crippen LogP contribution in [0.2, 0.25) is 0 Å². The van der Waals surface area contributed by atoms with Gasteiger partial charge in [0.25, 0.3) is 0 Å². The highest BCUT2D eigenvalue weighted by Crippen LogP contribution is 2.32. The number of nitrogens with two attached hydrogens (primary N) is 4. The fraction of sp³-hybridized carbons (Fsp3) is 0.596. The molecule has 0 radical (unpaired) electrons. The van der Waals surface area contributed by atoms with Gasteiger partial charge < -0.3 is 94.2 Å². The Balaban J connectivity index is 0.000000413. The van der Waals surface area contributed by atoms with E-state index in [0.29, 0.717) is 99.6 Å². The molecule has 4 aromatic rings. The number of aromatic nitrogens is 2. The minimum atomic E-state index is -5.19. The molecule has 2 unspecified atom stereocenters. The summed E-state index contributed by atoms with van der Waals surface area (Å²) in [6.45, 7) is 23.6. The van der Waals surface area contributed by atoms with Gasteiger partial charge in [0.15, 0.2) is 24.8 Å². The summed E-state index contributed by atoms with van der Waals surface area (Å²) in [6, 6.07) is 12.3. The smallest absolute Gasteiger partial charge is 0.430 e. The molecule has 12 amide bonds. The number of nitrogens with one attached hydrogen (secondary N) is 8. The molecule has 4 aliphatic rings. The number of hydrogen-bond acceptors (Lipinski definition) is 18. The second kappa shape index (κ2) is 52.5. The Hall–Kier alpha value is -12.2. The molecule has 0 spiro atoms. The molecular weight excluding hydrogens is 1750 g/mol. The first-order valence-corrected chi connectivity index (χ1v) is 45.6. The summed E-state index contributed by atoms with van der Waals surface area (Å²) < 4.78 is 66.8. The largest absolute Gasteiger partial charge is 0.542 e. The summed E-state index contributed by atoms with van der Waals surface area (Å²) in [5, 5.41) is 51.0. The molecular formula is C94H136F6N18O16. The average Bonchev–Trinajstić information content (AvgIpc) is 1.38. The fourth-order valence-electron chi connectivity index (χ4n) is 17.4. The number of pyridine rings is 2. The molecule has 0 bridgehead atoms. The van der Waals surface area contributed by atoms with Gasteiger partial charge in [-0.25, -0.2) is 9.13 Å². The van der Waals surface area contributed by atoms with E-state index < -0.39 is 144 Å². The Morgan fingerprint density at radius 2 is 0.694 bits per heavy atom. The van der Waals surface area contributed by atoms with Crippen molar-refractivity contribution >= 4 is 94.5 Å². The number of carbonyl (C=O) groups is 14. The molecule has 4 heterocycles. The number of nitrogen functional groups attached to an aromatic ring is 2. The van der Waals surface area contributed by atoms with Gasteiger partial charge in [0.2, 0.25) is 70.9 Å². The number of nitrogens with zero attached hydrogens (tertiary/aromatic N) is 6. The average molecular weight is 1890 g/mol. The summed E-state index contributed by atoms with van der Waals surface area (Å²) in [7, 11) is 3.70. The van der Waals surface area contributed by atoms with E-state index in [9.17, 15) is 83.9 Å². The van der Waals surface area contributed by atoms with E-state index in [-0.39, 0.29) is 97.0 Å². The van der Waals surface area contributed by atoms with Crippen LogP contribution in [0.3, 0.4) is 0 Å². The van der Waals surface area contributed by atoms with Crippen LogP contribution in [-0.2, 0) is 107 Å². The number of alkyl halides is 6. The van der Waals surface area contributed by atoms with Gasteiger partial charge in [-0.05, 0) is 179 Å². The van der Waals surface area contributed by atoms with E-state index >= 15 is 0 Å². The van der Waals surface area contributed by atoms with Crippen LogP contribution in [0.4, 0.5) is 26.3 Å². The maximum Gasteiger partial charge on any atom is 0.430 e. The molecule has 2 aromatic carbocycles. The highest BCUT2D eigenvalue weighted by atomic mass is 19.4. The third-order valence-corrected chi connectivity index (χ3v) is 23.8. The number of primary amides is 2. The number of amides is 12. The van der Waals surface area contributed by atoms with Crippen molar-refractivity contribution in [1.29, 1.82) is 10.8 Å². The topological polar surface area (TPSA) is 530 Å². The first kappa shape index (κ1) is 112. The Morgan fingerprint density at radius 3 is 0.948 bits per heavy atom. The predicted octanol–water partition coefficient (Wildman–Crippen LogP) is 3.40. The molecule has 16 N–H and O–H groups in total. The maximum absolute atomic E-state index is 14.7. The number of aryl methyl sites for hydroxylation is 2. The minimum absolute atomic E-state index is 0.00559. The van der Waals surface area contributed by atoms with Crippen LogP contribution in [0.1, 0.15) is 219 Å². The zero-order valence-corrected chi connectivity index (χ0v) is 79.0. The zero-order valence-electron chi connectivity index (χ0n) is 79.0. The molecule has 10 atom stereocenters. The summed E-state index contributed by atoms with van der Waals surface area (Å²) in [6.07, 6.45) is 8.08. The minimum Gasteiger partial charge on any atom is -0.542 e. The van der Waals surface area contributed by atoms with Gasteiger partial charge in [-0.15, -0.1) is 0 Å². The third-order valence-electron chi connectivity index (χ3n) is 23.8. The van der Waals surface area contributed by atoms with E-state index in [1.165, 1.54) is 9.80 Å². The van der Waals surface area contributed by atoms with Gasteiger partial charge in [-0.3, -0.25) is 68.4 Å². The van der Waals surface area contributed by atoms with Gasteiger partial charge in [0.1, 0.15) is 97.9 Å². The van der Waals surface area contributed by atoms with Crippen molar-refractivity contribution in [3.05, 3.63) is 131 Å². The lowest BCUT2D eigenvalue weighted by molar-refractivity contribution is -0.672. The number of hydrogen-bond donors (Lipinski definition) is 12. The van der Waals surface area contributed by atoms with Crippen molar-refractivity contribution in [2.45, 2.75) is 296 Å². The number of carbonyl (C=O) groups excluding carboxylic acids is 14. The third kappa shape index (κ3) is 35.0. The molecule has 4 fully saturated rings. The predicted molar refractivity (Wildman–Crippen MR) is 480 cm³/mol. The number of benzene rings is 2. The normalized spacial score (nSPS) is 17.1. The lowest BCUT2D eigenvalue weighted by Gasteiger charge is -2.35.